The molecule has 0 atom stereocenters. The van der Waals surface area contributed by atoms with E-state index in [4.69, 9.17) is 4.74 Å². The summed E-state index contributed by atoms with van der Waals surface area (Å²) in [7, 11) is 1.46. The molecule has 0 unspecified atom stereocenters. The molecule has 1 aliphatic rings. The smallest absolute Gasteiger partial charge is 0.306 e. The molecular weight excluding hydrogens is 248 g/mol. The van der Waals surface area contributed by atoms with Crippen molar-refractivity contribution in [3.63, 3.8) is 0 Å². The van der Waals surface area contributed by atoms with Gasteiger partial charge in [-0.2, -0.15) is 11.8 Å². The molecule has 0 radical (unpaired) electrons. The van der Waals surface area contributed by atoms with E-state index in [1.165, 1.54) is 7.11 Å². The van der Waals surface area contributed by atoms with Crippen molar-refractivity contribution >= 4 is 17.7 Å². The third-order valence-corrected chi connectivity index (χ3v) is 4.76. The summed E-state index contributed by atoms with van der Waals surface area (Å²) in [6.07, 6.45) is 6.73. The van der Waals surface area contributed by atoms with E-state index in [9.17, 15) is 4.79 Å². The first-order valence-electron chi connectivity index (χ1n) is 6.34. The van der Waals surface area contributed by atoms with Gasteiger partial charge in [0, 0.05) is 18.9 Å². The van der Waals surface area contributed by atoms with Crippen molar-refractivity contribution in [3.05, 3.63) is 18.2 Å². The Morgan fingerprint density at radius 1 is 1.61 bits per heavy atom. The van der Waals surface area contributed by atoms with E-state index in [1.54, 1.807) is 0 Å². The van der Waals surface area contributed by atoms with Crippen LogP contribution in [0, 0.1) is 5.41 Å². The number of carbonyl (C=O) groups is 1. The van der Waals surface area contributed by atoms with E-state index in [2.05, 4.69) is 16.5 Å². The molecule has 0 bridgehead atoms. The molecule has 1 heterocycles. The predicted molar refractivity (Wildman–Crippen MR) is 72.4 cm³/mol. The van der Waals surface area contributed by atoms with Crippen LogP contribution >= 0.6 is 11.8 Å². The van der Waals surface area contributed by atoms with Gasteiger partial charge in [0.15, 0.2) is 0 Å². The van der Waals surface area contributed by atoms with Crippen LogP contribution in [0.15, 0.2) is 12.4 Å². The Bertz CT molecular complexity index is 413. The van der Waals surface area contributed by atoms with E-state index in [0.717, 1.165) is 36.7 Å². The fourth-order valence-corrected chi connectivity index (χ4v) is 3.40. The Balaban J connectivity index is 1.77. The standard InChI is InChI=1S/C13H20N2O2S/c1-3-15-7-6-14-11(15)9-18-10-13(4-5-13)8-12(16)17-2/h6-7H,3-5,8-10H2,1-2H3. The molecule has 4 nitrogen and oxygen atoms in total. The van der Waals surface area contributed by atoms with Crippen LogP contribution in [-0.2, 0) is 21.8 Å². The molecule has 1 aromatic heterocycles. The summed E-state index contributed by atoms with van der Waals surface area (Å²) in [5.41, 5.74) is 0.210. The third-order valence-electron chi connectivity index (χ3n) is 3.49. The first kappa shape index (κ1) is 13.5. The first-order chi connectivity index (χ1) is 8.69. The Kier molecular flexibility index (Phi) is 4.32. The van der Waals surface area contributed by atoms with Crippen molar-refractivity contribution < 1.29 is 9.53 Å². The zero-order chi connectivity index (χ0) is 13.0. The zero-order valence-corrected chi connectivity index (χ0v) is 11.8. The van der Waals surface area contributed by atoms with Gasteiger partial charge in [-0.1, -0.05) is 0 Å². The lowest BCUT2D eigenvalue weighted by Crippen LogP contribution is -2.13. The molecule has 1 aromatic rings. The summed E-state index contributed by atoms with van der Waals surface area (Å²) in [5, 5.41) is 0. The zero-order valence-electron chi connectivity index (χ0n) is 11.0. The lowest BCUT2D eigenvalue weighted by molar-refractivity contribution is -0.141. The fraction of sp³-hybridized carbons (Fsp3) is 0.692. The van der Waals surface area contributed by atoms with Crippen LogP contribution in [0.1, 0.15) is 32.0 Å². The van der Waals surface area contributed by atoms with Crippen LogP contribution in [-0.4, -0.2) is 28.4 Å². The second-order valence-corrected chi connectivity index (χ2v) is 5.86. The average Bonchev–Trinajstić information content (AvgIpc) is 2.97. The molecule has 5 heteroatoms. The number of rotatable bonds is 7. The Labute approximate surface area is 112 Å². The maximum absolute atomic E-state index is 11.3. The van der Waals surface area contributed by atoms with Gasteiger partial charge >= 0.3 is 5.97 Å². The number of ether oxygens (including phenoxy) is 1. The van der Waals surface area contributed by atoms with E-state index in [1.807, 2.05) is 24.2 Å². The highest BCUT2D eigenvalue weighted by Crippen LogP contribution is 2.51. The molecule has 0 aromatic carbocycles. The number of aromatic nitrogens is 2. The van der Waals surface area contributed by atoms with Crippen molar-refractivity contribution in [3.8, 4) is 0 Å². The van der Waals surface area contributed by atoms with E-state index in [0.29, 0.717) is 6.42 Å². The molecule has 100 valence electrons. The van der Waals surface area contributed by atoms with Gasteiger partial charge in [0.05, 0.1) is 19.3 Å². The summed E-state index contributed by atoms with van der Waals surface area (Å²) in [6, 6.07) is 0. The maximum Gasteiger partial charge on any atom is 0.306 e. The number of carbonyl (C=O) groups excluding carboxylic acids is 1. The largest absolute Gasteiger partial charge is 0.469 e. The van der Waals surface area contributed by atoms with Crippen molar-refractivity contribution in [2.75, 3.05) is 12.9 Å². The summed E-state index contributed by atoms with van der Waals surface area (Å²) in [5.74, 6) is 2.99. The highest BCUT2D eigenvalue weighted by Gasteiger charge is 2.44. The number of thioether (sulfide) groups is 1. The number of nitrogens with zero attached hydrogens (tertiary/aromatic N) is 2. The highest BCUT2D eigenvalue weighted by molar-refractivity contribution is 7.98. The Hall–Kier alpha value is -0.970. The number of hydrogen-bond acceptors (Lipinski definition) is 4. The number of aryl methyl sites for hydroxylation is 1. The summed E-state index contributed by atoms with van der Waals surface area (Å²) in [4.78, 5) is 15.7. The second-order valence-electron chi connectivity index (χ2n) is 4.88. The lowest BCUT2D eigenvalue weighted by atomic mass is 10.1. The molecule has 0 saturated heterocycles. The van der Waals surface area contributed by atoms with Crippen LogP contribution < -0.4 is 0 Å². The van der Waals surface area contributed by atoms with Gasteiger partial charge in [0.2, 0.25) is 0 Å². The second kappa shape index (κ2) is 5.78. The summed E-state index contributed by atoms with van der Waals surface area (Å²) < 4.78 is 6.91. The molecule has 2 rings (SSSR count). The van der Waals surface area contributed by atoms with Gasteiger partial charge in [-0.25, -0.2) is 4.98 Å². The number of esters is 1. The van der Waals surface area contributed by atoms with Crippen molar-refractivity contribution in [2.24, 2.45) is 5.41 Å². The fourth-order valence-electron chi connectivity index (χ4n) is 2.05. The lowest BCUT2D eigenvalue weighted by Gasteiger charge is -2.13. The van der Waals surface area contributed by atoms with Crippen LogP contribution in [0.2, 0.25) is 0 Å². The van der Waals surface area contributed by atoms with Crippen molar-refractivity contribution in [2.45, 2.75) is 38.5 Å². The molecule has 0 N–H and O–H groups in total. The van der Waals surface area contributed by atoms with Crippen LogP contribution in [0.4, 0.5) is 0 Å². The Morgan fingerprint density at radius 2 is 2.39 bits per heavy atom. The van der Waals surface area contributed by atoms with Crippen LogP contribution in [0.5, 0.6) is 0 Å². The molecular formula is C13H20N2O2S. The molecule has 1 saturated carbocycles. The minimum atomic E-state index is -0.0804. The van der Waals surface area contributed by atoms with E-state index in [-0.39, 0.29) is 11.4 Å². The van der Waals surface area contributed by atoms with Gasteiger partial charge in [-0.15, -0.1) is 0 Å². The monoisotopic (exact) mass is 268 g/mol. The number of hydrogen-bond donors (Lipinski definition) is 0. The minimum Gasteiger partial charge on any atom is -0.469 e. The van der Waals surface area contributed by atoms with E-state index >= 15 is 0 Å². The number of imidazole rings is 1. The maximum atomic E-state index is 11.3. The van der Waals surface area contributed by atoms with Crippen molar-refractivity contribution in [1.29, 1.82) is 0 Å². The average molecular weight is 268 g/mol. The highest BCUT2D eigenvalue weighted by atomic mass is 32.2. The number of methoxy groups -OCH3 is 1. The van der Waals surface area contributed by atoms with E-state index < -0.39 is 0 Å². The minimum absolute atomic E-state index is 0.0804. The van der Waals surface area contributed by atoms with Crippen molar-refractivity contribution in [1.82, 2.24) is 9.55 Å². The summed E-state index contributed by atoms with van der Waals surface area (Å²) in [6.45, 7) is 3.08. The topological polar surface area (TPSA) is 44.1 Å². The van der Waals surface area contributed by atoms with Crippen LogP contribution in [0.25, 0.3) is 0 Å². The molecule has 0 amide bonds. The first-order valence-corrected chi connectivity index (χ1v) is 7.49. The molecule has 0 spiro atoms. The molecule has 1 fully saturated rings. The van der Waals surface area contributed by atoms with Gasteiger partial charge in [0.25, 0.3) is 0 Å². The van der Waals surface area contributed by atoms with Gasteiger partial charge in [-0.05, 0) is 30.9 Å². The summed E-state index contributed by atoms with van der Waals surface area (Å²) >= 11 is 1.87. The molecule has 0 aliphatic heterocycles. The molecule has 1 aliphatic carbocycles. The van der Waals surface area contributed by atoms with Gasteiger partial charge in [-0.3, -0.25) is 4.79 Å². The third kappa shape index (κ3) is 3.28. The van der Waals surface area contributed by atoms with Crippen LogP contribution in [0.3, 0.4) is 0 Å². The van der Waals surface area contributed by atoms with Gasteiger partial charge in [0.1, 0.15) is 5.82 Å². The Morgan fingerprint density at radius 3 is 3.00 bits per heavy atom. The quantitative estimate of drug-likeness (QED) is 0.713. The SMILES string of the molecule is CCn1ccnc1CSCC1(CC(=O)OC)CC1. The normalized spacial score (nSPS) is 16.6. The predicted octanol–water partition coefficient (Wildman–Crippen LogP) is 2.48. The van der Waals surface area contributed by atoms with Gasteiger partial charge < -0.3 is 9.30 Å². The molecule has 18 heavy (non-hydrogen) atoms.